The van der Waals surface area contributed by atoms with E-state index in [0.717, 1.165) is 19.6 Å². The average molecular weight is 156 g/mol. The van der Waals surface area contributed by atoms with Gasteiger partial charge in [-0.05, 0) is 26.2 Å². The minimum atomic E-state index is 0.286. The van der Waals surface area contributed by atoms with E-state index in [1.54, 1.807) is 6.26 Å². The van der Waals surface area contributed by atoms with Crippen molar-refractivity contribution in [2.45, 2.75) is 32.3 Å². The fourth-order valence-electron chi connectivity index (χ4n) is 1.17. The molecule has 0 radical (unpaired) electrons. The van der Waals surface area contributed by atoms with Gasteiger partial charge in [0.1, 0.15) is 6.10 Å². The van der Waals surface area contributed by atoms with Gasteiger partial charge in [-0.2, -0.15) is 0 Å². The van der Waals surface area contributed by atoms with E-state index in [9.17, 15) is 0 Å². The third kappa shape index (κ3) is 3.42. The summed E-state index contributed by atoms with van der Waals surface area (Å²) >= 11 is 0. The first kappa shape index (κ1) is 8.60. The van der Waals surface area contributed by atoms with Gasteiger partial charge < -0.3 is 9.47 Å². The Morgan fingerprint density at radius 1 is 1.45 bits per heavy atom. The minimum Gasteiger partial charge on any atom is -0.496 e. The van der Waals surface area contributed by atoms with Crippen molar-refractivity contribution in [3.8, 4) is 0 Å². The Morgan fingerprint density at radius 2 is 2.36 bits per heavy atom. The molecule has 1 aliphatic heterocycles. The van der Waals surface area contributed by atoms with Crippen LogP contribution in [0.15, 0.2) is 12.3 Å². The van der Waals surface area contributed by atoms with Crippen LogP contribution in [0, 0.1) is 0 Å². The molecule has 0 aromatic heterocycles. The van der Waals surface area contributed by atoms with Gasteiger partial charge in [-0.1, -0.05) is 6.08 Å². The van der Waals surface area contributed by atoms with Crippen molar-refractivity contribution in [1.82, 2.24) is 0 Å². The van der Waals surface area contributed by atoms with Crippen molar-refractivity contribution >= 4 is 0 Å². The summed E-state index contributed by atoms with van der Waals surface area (Å²) in [5.41, 5.74) is 0. The fourth-order valence-corrected chi connectivity index (χ4v) is 1.17. The highest BCUT2D eigenvalue weighted by Gasteiger charge is 2.11. The number of rotatable bonds is 2. The van der Waals surface area contributed by atoms with Crippen LogP contribution < -0.4 is 0 Å². The Morgan fingerprint density at radius 3 is 3.18 bits per heavy atom. The molecule has 1 aliphatic rings. The van der Waals surface area contributed by atoms with Crippen LogP contribution in [0.3, 0.4) is 0 Å². The predicted octanol–water partition coefficient (Wildman–Crippen LogP) is 2.11. The van der Waals surface area contributed by atoms with Gasteiger partial charge in [-0.15, -0.1) is 0 Å². The first-order valence-electron chi connectivity index (χ1n) is 4.28. The van der Waals surface area contributed by atoms with Gasteiger partial charge in [0.2, 0.25) is 0 Å². The molecule has 1 heterocycles. The van der Waals surface area contributed by atoms with Crippen molar-refractivity contribution in [3.63, 3.8) is 0 Å². The van der Waals surface area contributed by atoms with Crippen LogP contribution in [-0.4, -0.2) is 19.3 Å². The predicted molar refractivity (Wildman–Crippen MR) is 44.4 cm³/mol. The fraction of sp³-hybridized carbons (Fsp3) is 0.778. The molecule has 11 heavy (non-hydrogen) atoms. The second kappa shape index (κ2) is 5.19. The van der Waals surface area contributed by atoms with E-state index < -0.39 is 0 Å². The zero-order chi connectivity index (χ0) is 7.94. The van der Waals surface area contributed by atoms with Crippen molar-refractivity contribution in [2.24, 2.45) is 0 Å². The van der Waals surface area contributed by atoms with E-state index in [2.05, 4.69) is 0 Å². The molecule has 0 N–H and O–H groups in total. The molecule has 2 nitrogen and oxygen atoms in total. The maximum atomic E-state index is 5.41. The summed E-state index contributed by atoms with van der Waals surface area (Å²) in [6, 6.07) is 0. The molecule has 2 heteroatoms. The molecule has 1 unspecified atom stereocenters. The Bertz CT molecular complexity index is 113. The second-order valence-corrected chi connectivity index (χ2v) is 2.80. The third-order valence-corrected chi connectivity index (χ3v) is 1.78. The summed E-state index contributed by atoms with van der Waals surface area (Å²) < 4.78 is 10.8. The highest BCUT2D eigenvalue weighted by atomic mass is 16.5. The lowest BCUT2D eigenvalue weighted by Crippen LogP contribution is -2.14. The molecule has 0 saturated carbocycles. The Kier molecular flexibility index (Phi) is 4.06. The van der Waals surface area contributed by atoms with E-state index in [1.165, 1.54) is 12.8 Å². The molecule has 64 valence electrons. The van der Waals surface area contributed by atoms with Gasteiger partial charge in [0.05, 0.1) is 12.9 Å². The monoisotopic (exact) mass is 156 g/mol. The van der Waals surface area contributed by atoms with Crippen LogP contribution in [0.2, 0.25) is 0 Å². The molecule has 0 aromatic rings. The zero-order valence-corrected chi connectivity index (χ0v) is 7.08. The van der Waals surface area contributed by atoms with Crippen molar-refractivity contribution in [3.05, 3.63) is 12.3 Å². The van der Waals surface area contributed by atoms with Crippen LogP contribution in [0.4, 0.5) is 0 Å². The third-order valence-electron chi connectivity index (χ3n) is 1.78. The minimum absolute atomic E-state index is 0.286. The molecule has 1 saturated heterocycles. The first-order chi connectivity index (χ1) is 5.43. The zero-order valence-electron chi connectivity index (χ0n) is 7.08. The topological polar surface area (TPSA) is 18.5 Å². The standard InChI is InChI=1S/C9H16O2/c1-2-6-11-9-5-3-4-7-10-8-9/h2,6,9H,3-5,7-8H2,1H3/b6-2+. The molecule has 0 spiro atoms. The first-order valence-corrected chi connectivity index (χ1v) is 4.28. The van der Waals surface area contributed by atoms with Crippen molar-refractivity contribution in [1.29, 1.82) is 0 Å². The van der Waals surface area contributed by atoms with E-state index in [-0.39, 0.29) is 6.10 Å². The highest BCUT2D eigenvalue weighted by Crippen LogP contribution is 2.10. The summed E-state index contributed by atoms with van der Waals surface area (Å²) in [4.78, 5) is 0. The lowest BCUT2D eigenvalue weighted by molar-refractivity contribution is 0.0404. The summed E-state index contributed by atoms with van der Waals surface area (Å²) in [6.45, 7) is 3.61. The van der Waals surface area contributed by atoms with Gasteiger partial charge in [0, 0.05) is 6.61 Å². The summed E-state index contributed by atoms with van der Waals surface area (Å²) in [5.74, 6) is 0. The van der Waals surface area contributed by atoms with E-state index in [0.29, 0.717) is 0 Å². The molecule has 1 rings (SSSR count). The molecular formula is C9H16O2. The van der Waals surface area contributed by atoms with E-state index >= 15 is 0 Å². The molecular weight excluding hydrogens is 140 g/mol. The van der Waals surface area contributed by atoms with Crippen LogP contribution in [0.5, 0.6) is 0 Å². The van der Waals surface area contributed by atoms with Crippen LogP contribution in [0.1, 0.15) is 26.2 Å². The number of hydrogen-bond donors (Lipinski definition) is 0. The summed E-state index contributed by atoms with van der Waals surface area (Å²) in [6.07, 6.45) is 7.47. The quantitative estimate of drug-likeness (QED) is 0.570. The Balaban J connectivity index is 2.19. The van der Waals surface area contributed by atoms with E-state index in [4.69, 9.17) is 9.47 Å². The van der Waals surface area contributed by atoms with Crippen LogP contribution in [0.25, 0.3) is 0 Å². The van der Waals surface area contributed by atoms with Gasteiger partial charge in [0.15, 0.2) is 0 Å². The second-order valence-electron chi connectivity index (χ2n) is 2.80. The summed E-state index contributed by atoms with van der Waals surface area (Å²) in [5, 5.41) is 0. The lowest BCUT2D eigenvalue weighted by Gasteiger charge is -2.12. The smallest absolute Gasteiger partial charge is 0.121 e. The largest absolute Gasteiger partial charge is 0.496 e. The van der Waals surface area contributed by atoms with Crippen molar-refractivity contribution in [2.75, 3.05) is 13.2 Å². The number of allylic oxidation sites excluding steroid dienone is 1. The summed E-state index contributed by atoms with van der Waals surface area (Å²) in [7, 11) is 0. The Labute approximate surface area is 68.2 Å². The van der Waals surface area contributed by atoms with Gasteiger partial charge in [-0.25, -0.2) is 0 Å². The molecule has 0 aliphatic carbocycles. The molecule has 0 amide bonds. The highest BCUT2D eigenvalue weighted by molar-refractivity contribution is 4.70. The molecule has 0 aromatic carbocycles. The maximum Gasteiger partial charge on any atom is 0.121 e. The van der Waals surface area contributed by atoms with Gasteiger partial charge in [0.25, 0.3) is 0 Å². The maximum absolute atomic E-state index is 5.41. The molecule has 1 fully saturated rings. The SMILES string of the molecule is C/C=C/OC1CCCCOC1. The number of hydrogen-bond acceptors (Lipinski definition) is 2. The lowest BCUT2D eigenvalue weighted by atomic mass is 10.2. The van der Waals surface area contributed by atoms with Crippen LogP contribution >= 0.6 is 0 Å². The molecule has 1 atom stereocenters. The van der Waals surface area contributed by atoms with Gasteiger partial charge in [-0.3, -0.25) is 0 Å². The van der Waals surface area contributed by atoms with Gasteiger partial charge >= 0.3 is 0 Å². The van der Waals surface area contributed by atoms with Crippen LogP contribution in [-0.2, 0) is 9.47 Å². The molecule has 0 bridgehead atoms. The van der Waals surface area contributed by atoms with E-state index in [1.807, 2.05) is 13.0 Å². The normalized spacial score (nSPS) is 26.8. The van der Waals surface area contributed by atoms with Crippen molar-refractivity contribution < 1.29 is 9.47 Å². The number of ether oxygens (including phenoxy) is 2. The Hall–Kier alpha value is -0.500. The average Bonchev–Trinajstić information content (AvgIpc) is 2.28.